The van der Waals surface area contributed by atoms with Crippen LogP contribution in [0, 0.1) is 0 Å². The molecule has 1 rings (SSSR count). The molecule has 1 aliphatic rings. The van der Waals surface area contributed by atoms with Crippen molar-refractivity contribution in [3.63, 3.8) is 0 Å². The first-order chi connectivity index (χ1) is 5.81. The first kappa shape index (κ1) is 9.92. The monoisotopic (exact) mass is 176 g/mol. The van der Waals surface area contributed by atoms with Crippen LogP contribution in [0.15, 0.2) is 0 Å². The number of hydrogen-bond donors (Lipinski definition) is 0. The van der Waals surface area contributed by atoms with E-state index < -0.39 is 0 Å². The zero-order valence-electron chi connectivity index (χ0n) is 7.78. The molecule has 4 heteroatoms. The fourth-order valence-corrected chi connectivity index (χ4v) is 1.39. The van der Waals surface area contributed by atoms with Crippen molar-refractivity contribution in [1.82, 2.24) is 0 Å². The molecule has 3 atom stereocenters. The molecule has 0 aromatic rings. The average Bonchev–Trinajstić information content (AvgIpc) is 2.48. The largest absolute Gasteiger partial charge is 0.382 e. The van der Waals surface area contributed by atoms with Crippen LogP contribution < -0.4 is 0 Å². The maximum atomic E-state index is 5.48. The van der Waals surface area contributed by atoms with Crippen LogP contribution in [0.4, 0.5) is 0 Å². The molecule has 0 saturated carbocycles. The Kier molecular flexibility index (Phi) is 3.94. The van der Waals surface area contributed by atoms with Gasteiger partial charge < -0.3 is 18.9 Å². The first-order valence-corrected chi connectivity index (χ1v) is 4.01. The van der Waals surface area contributed by atoms with Gasteiger partial charge in [0.05, 0.1) is 12.7 Å². The van der Waals surface area contributed by atoms with E-state index in [1.807, 2.05) is 0 Å². The molecule has 0 aliphatic carbocycles. The van der Waals surface area contributed by atoms with Gasteiger partial charge in [-0.1, -0.05) is 0 Å². The van der Waals surface area contributed by atoms with Crippen molar-refractivity contribution in [1.29, 1.82) is 0 Å². The molecule has 72 valence electrons. The highest BCUT2D eigenvalue weighted by Gasteiger charge is 2.35. The highest BCUT2D eigenvalue weighted by Crippen LogP contribution is 2.23. The average molecular weight is 176 g/mol. The van der Waals surface area contributed by atoms with Crippen LogP contribution >= 0.6 is 0 Å². The zero-order chi connectivity index (χ0) is 8.97. The Bertz CT molecular complexity index is 128. The van der Waals surface area contributed by atoms with E-state index in [2.05, 4.69) is 0 Å². The molecule has 0 N–H and O–H groups in total. The summed E-state index contributed by atoms with van der Waals surface area (Å²) in [6.45, 7) is 0.554. The van der Waals surface area contributed by atoms with Crippen molar-refractivity contribution >= 4 is 0 Å². The molecule has 12 heavy (non-hydrogen) atoms. The lowest BCUT2D eigenvalue weighted by molar-refractivity contribution is -0.131. The van der Waals surface area contributed by atoms with Gasteiger partial charge in [0.25, 0.3) is 0 Å². The maximum Gasteiger partial charge on any atom is 0.160 e. The molecule has 4 nitrogen and oxygen atoms in total. The number of hydrogen-bond acceptors (Lipinski definition) is 4. The van der Waals surface area contributed by atoms with Gasteiger partial charge >= 0.3 is 0 Å². The highest BCUT2D eigenvalue weighted by atomic mass is 16.7. The standard InChI is InChI=1S/C8H16O4/c1-9-5-7-6(10-2)4-8(11-3)12-7/h6-8H,4-5H2,1-3H3/t6-,7+,8+/m0/s1. The minimum Gasteiger partial charge on any atom is -0.382 e. The Morgan fingerprint density at radius 1 is 1.25 bits per heavy atom. The summed E-state index contributed by atoms with van der Waals surface area (Å²) in [7, 11) is 4.96. The van der Waals surface area contributed by atoms with Crippen LogP contribution in [0.2, 0.25) is 0 Å². The number of ether oxygens (including phenoxy) is 4. The Balaban J connectivity index is 2.39. The molecule has 0 unspecified atom stereocenters. The second-order valence-corrected chi connectivity index (χ2v) is 2.80. The van der Waals surface area contributed by atoms with Gasteiger partial charge in [-0.05, 0) is 0 Å². The topological polar surface area (TPSA) is 36.9 Å². The van der Waals surface area contributed by atoms with E-state index in [0.29, 0.717) is 6.61 Å². The molecule has 0 aromatic heterocycles. The van der Waals surface area contributed by atoms with Crippen molar-refractivity contribution in [3.8, 4) is 0 Å². The lowest BCUT2D eigenvalue weighted by Gasteiger charge is -2.15. The second kappa shape index (κ2) is 4.77. The highest BCUT2D eigenvalue weighted by molar-refractivity contribution is 4.78. The van der Waals surface area contributed by atoms with Crippen LogP contribution in [0.3, 0.4) is 0 Å². The second-order valence-electron chi connectivity index (χ2n) is 2.80. The van der Waals surface area contributed by atoms with E-state index in [1.54, 1.807) is 21.3 Å². The normalized spacial score (nSPS) is 35.8. The van der Waals surface area contributed by atoms with E-state index in [9.17, 15) is 0 Å². The number of methoxy groups -OCH3 is 3. The van der Waals surface area contributed by atoms with Crippen LogP contribution in [0.1, 0.15) is 6.42 Å². The summed E-state index contributed by atoms with van der Waals surface area (Å²) in [5, 5.41) is 0. The molecular weight excluding hydrogens is 160 g/mol. The molecule has 0 spiro atoms. The van der Waals surface area contributed by atoms with Crippen molar-refractivity contribution < 1.29 is 18.9 Å². The van der Waals surface area contributed by atoms with Gasteiger partial charge in [0.2, 0.25) is 0 Å². The van der Waals surface area contributed by atoms with E-state index in [-0.39, 0.29) is 18.5 Å². The van der Waals surface area contributed by atoms with Gasteiger partial charge in [0, 0.05) is 27.8 Å². The van der Waals surface area contributed by atoms with Crippen molar-refractivity contribution in [3.05, 3.63) is 0 Å². The molecule has 1 fully saturated rings. The Morgan fingerprint density at radius 2 is 2.00 bits per heavy atom. The van der Waals surface area contributed by atoms with Gasteiger partial charge in [0.1, 0.15) is 6.10 Å². The third-order valence-corrected chi connectivity index (χ3v) is 2.06. The van der Waals surface area contributed by atoms with E-state index in [4.69, 9.17) is 18.9 Å². The smallest absolute Gasteiger partial charge is 0.160 e. The van der Waals surface area contributed by atoms with Crippen LogP contribution in [-0.2, 0) is 18.9 Å². The van der Waals surface area contributed by atoms with E-state index in [0.717, 1.165) is 6.42 Å². The fraction of sp³-hybridized carbons (Fsp3) is 1.00. The van der Waals surface area contributed by atoms with Gasteiger partial charge in [-0.3, -0.25) is 0 Å². The van der Waals surface area contributed by atoms with Crippen LogP contribution in [-0.4, -0.2) is 46.4 Å². The fourth-order valence-electron chi connectivity index (χ4n) is 1.39. The van der Waals surface area contributed by atoms with E-state index >= 15 is 0 Å². The zero-order valence-corrected chi connectivity index (χ0v) is 7.78. The summed E-state index contributed by atoms with van der Waals surface area (Å²) in [6.07, 6.45) is 0.732. The lowest BCUT2D eigenvalue weighted by Crippen LogP contribution is -2.27. The van der Waals surface area contributed by atoms with Crippen LogP contribution in [0.5, 0.6) is 0 Å². The number of rotatable bonds is 4. The molecule has 1 saturated heterocycles. The van der Waals surface area contributed by atoms with Gasteiger partial charge in [0.15, 0.2) is 6.29 Å². The summed E-state index contributed by atoms with van der Waals surface area (Å²) < 4.78 is 20.8. The third-order valence-electron chi connectivity index (χ3n) is 2.06. The molecule has 0 bridgehead atoms. The van der Waals surface area contributed by atoms with Crippen LogP contribution in [0.25, 0.3) is 0 Å². The van der Waals surface area contributed by atoms with Crippen molar-refractivity contribution in [2.75, 3.05) is 27.9 Å². The maximum absolute atomic E-state index is 5.48. The quantitative estimate of drug-likeness (QED) is 0.621. The van der Waals surface area contributed by atoms with Gasteiger partial charge in [-0.2, -0.15) is 0 Å². The van der Waals surface area contributed by atoms with E-state index in [1.165, 1.54) is 0 Å². The minimum absolute atomic E-state index is 0.00458. The van der Waals surface area contributed by atoms with Gasteiger partial charge in [-0.25, -0.2) is 0 Å². The first-order valence-electron chi connectivity index (χ1n) is 4.01. The summed E-state index contributed by atoms with van der Waals surface area (Å²) in [5.74, 6) is 0. The summed E-state index contributed by atoms with van der Waals surface area (Å²) in [5.41, 5.74) is 0. The third kappa shape index (κ3) is 2.17. The minimum atomic E-state index is -0.143. The molecule has 0 aromatic carbocycles. The molecule has 0 amide bonds. The van der Waals surface area contributed by atoms with Gasteiger partial charge in [-0.15, -0.1) is 0 Å². The Morgan fingerprint density at radius 3 is 2.50 bits per heavy atom. The summed E-state index contributed by atoms with van der Waals surface area (Å²) >= 11 is 0. The molecule has 0 radical (unpaired) electrons. The summed E-state index contributed by atoms with van der Waals surface area (Å²) in [6, 6.07) is 0. The predicted octanol–water partition coefficient (Wildman–Crippen LogP) is 0.409. The molecule has 1 aliphatic heterocycles. The lowest BCUT2D eigenvalue weighted by atomic mass is 10.2. The molecular formula is C8H16O4. The Hall–Kier alpha value is -0.160. The summed E-state index contributed by atoms with van der Waals surface area (Å²) in [4.78, 5) is 0. The SMILES string of the molecule is COC[C@H]1O[C@@H](OC)C[C@@H]1OC. The van der Waals surface area contributed by atoms with Crippen molar-refractivity contribution in [2.24, 2.45) is 0 Å². The van der Waals surface area contributed by atoms with Crippen molar-refractivity contribution in [2.45, 2.75) is 24.9 Å². The molecule has 1 heterocycles. The predicted molar refractivity (Wildman–Crippen MR) is 43.0 cm³/mol. The Labute approximate surface area is 72.7 Å².